The van der Waals surface area contributed by atoms with Crippen molar-refractivity contribution < 1.29 is 19.4 Å². The van der Waals surface area contributed by atoms with Crippen molar-refractivity contribution in [2.24, 2.45) is 0 Å². The van der Waals surface area contributed by atoms with Crippen LogP contribution in [0.15, 0.2) is 18.2 Å². The molecular weight excluding hydrogens is 420 g/mol. The first-order chi connectivity index (χ1) is 14.8. The highest BCUT2D eigenvalue weighted by atomic mass is 35.5. The summed E-state index contributed by atoms with van der Waals surface area (Å²) in [5, 5.41) is 10.5. The van der Waals surface area contributed by atoms with Gasteiger partial charge in [0.25, 0.3) is 5.91 Å². The van der Waals surface area contributed by atoms with Crippen molar-refractivity contribution in [3.8, 4) is 5.75 Å². The minimum Gasteiger partial charge on any atom is -0.489 e. The van der Waals surface area contributed by atoms with Crippen LogP contribution in [0.1, 0.15) is 37.2 Å². The number of piperazine rings is 1. The molecule has 0 unspecified atom stereocenters. The average Bonchev–Trinajstić information content (AvgIpc) is 3.16. The molecule has 2 aliphatic rings. The van der Waals surface area contributed by atoms with Crippen LogP contribution in [0, 0.1) is 0 Å². The standard InChI is InChI=1S/C22H29ClN4O4/c1-14(2)25-5-3-16(4-6-25)31-20-12-15-11-19(24-18(15)13-17(20)23)21(28)26-7-9-27(10-8-26)22(29)30/h11-14,16,24H,3-10H2,1-2H3,(H,29,30). The van der Waals surface area contributed by atoms with Gasteiger partial charge in [-0.05, 0) is 44.9 Å². The molecule has 2 fully saturated rings. The number of halogens is 1. The van der Waals surface area contributed by atoms with Crippen molar-refractivity contribution >= 4 is 34.5 Å². The summed E-state index contributed by atoms with van der Waals surface area (Å²) in [4.78, 5) is 32.5. The molecule has 8 nitrogen and oxygen atoms in total. The summed E-state index contributed by atoms with van der Waals surface area (Å²) in [6, 6.07) is 6.05. The number of H-pyrrole nitrogens is 1. The topological polar surface area (TPSA) is 89.1 Å². The van der Waals surface area contributed by atoms with Crippen LogP contribution in [0.3, 0.4) is 0 Å². The number of hydrogen-bond acceptors (Lipinski definition) is 4. The number of hydrogen-bond donors (Lipinski definition) is 2. The lowest BCUT2D eigenvalue weighted by molar-refractivity contribution is 0.0620. The maximum atomic E-state index is 12.9. The lowest BCUT2D eigenvalue weighted by Crippen LogP contribution is -2.50. The lowest BCUT2D eigenvalue weighted by Gasteiger charge is -2.34. The number of aromatic amines is 1. The molecule has 0 saturated carbocycles. The molecule has 4 rings (SSSR count). The number of piperidine rings is 1. The largest absolute Gasteiger partial charge is 0.489 e. The van der Waals surface area contributed by atoms with Crippen LogP contribution >= 0.6 is 11.6 Å². The molecule has 2 saturated heterocycles. The Morgan fingerprint density at radius 1 is 1.06 bits per heavy atom. The zero-order valence-electron chi connectivity index (χ0n) is 17.9. The molecule has 2 aliphatic heterocycles. The summed E-state index contributed by atoms with van der Waals surface area (Å²) in [6.07, 6.45) is 1.11. The zero-order chi connectivity index (χ0) is 22.1. The van der Waals surface area contributed by atoms with Crippen LogP contribution in [0.5, 0.6) is 5.75 Å². The number of nitrogens with zero attached hydrogens (tertiary/aromatic N) is 3. The number of nitrogens with one attached hydrogen (secondary N) is 1. The fourth-order valence-corrected chi connectivity index (χ4v) is 4.51. The number of rotatable bonds is 4. The van der Waals surface area contributed by atoms with E-state index in [0.29, 0.717) is 48.7 Å². The van der Waals surface area contributed by atoms with E-state index in [9.17, 15) is 9.59 Å². The number of ether oxygens (including phenoxy) is 1. The highest BCUT2D eigenvalue weighted by Gasteiger charge is 2.26. The summed E-state index contributed by atoms with van der Waals surface area (Å²) in [5.74, 6) is 0.506. The predicted octanol–water partition coefficient (Wildman–Crippen LogP) is 3.51. The Balaban J connectivity index is 1.44. The Kier molecular flexibility index (Phi) is 6.29. The van der Waals surface area contributed by atoms with Gasteiger partial charge in [-0.15, -0.1) is 0 Å². The van der Waals surface area contributed by atoms with Gasteiger partial charge in [-0.3, -0.25) is 4.79 Å². The molecule has 1 aromatic heterocycles. The Bertz CT molecular complexity index is 960. The predicted molar refractivity (Wildman–Crippen MR) is 119 cm³/mol. The molecular formula is C22H29ClN4O4. The van der Waals surface area contributed by atoms with Gasteiger partial charge < -0.3 is 29.5 Å². The number of carbonyl (C=O) groups is 2. The molecule has 2 N–H and O–H groups in total. The van der Waals surface area contributed by atoms with Crippen molar-refractivity contribution in [3.05, 3.63) is 28.9 Å². The number of carboxylic acid groups (broad SMARTS) is 1. The molecule has 168 valence electrons. The molecule has 0 bridgehead atoms. The van der Waals surface area contributed by atoms with Gasteiger partial charge in [-0.2, -0.15) is 0 Å². The van der Waals surface area contributed by atoms with E-state index in [-0.39, 0.29) is 12.0 Å². The molecule has 0 spiro atoms. The minimum atomic E-state index is -0.949. The number of benzene rings is 1. The van der Waals surface area contributed by atoms with Crippen molar-refractivity contribution in [1.82, 2.24) is 19.7 Å². The van der Waals surface area contributed by atoms with Crippen molar-refractivity contribution in [1.29, 1.82) is 0 Å². The molecule has 0 atom stereocenters. The molecule has 3 heterocycles. The number of carbonyl (C=O) groups excluding carboxylic acids is 1. The van der Waals surface area contributed by atoms with Crippen LogP contribution in [0.25, 0.3) is 10.9 Å². The highest BCUT2D eigenvalue weighted by molar-refractivity contribution is 6.32. The third kappa shape index (κ3) is 4.75. The molecule has 1 aromatic carbocycles. The number of fused-ring (bicyclic) bond motifs is 1. The summed E-state index contributed by atoms with van der Waals surface area (Å²) in [6.45, 7) is 7.85. The van der Waals surface area contributed by atoms with Crippen molar-refractivity contribution in [2.45, 2.75) is 38.8 Å². The third-order valence-electron chi connectivity index (χ3n) is 6.24. The maximum absolute atomic E-state index is 12.9. The Labute approximate surface area is 186 Å². The second-order valence-corrected chi connectivity index (χ2v) is 8.97. The zero-order valence-corrected chi connectivity index (χ0v) is 18.7. The molecule has 31 heavy (non-hydrogen) atoms. The second-order valence-electron chi connectivity index (χ2n) is 8.56. The number of likely N-dealkylation sites (tertiary alicyclic amines) is 1. The van der Waals surface area contributed by atoms with Crippen LogP contribution in [0.2, 0.25) is 5.02 Å². The first-order valence-electron chi connectivity index (χ1n) is 10.8. The van der Waals surface area contributed by atoms with Gasteiger partial charge in [-0.1, -0.05) is 11.6 Å². The number of amides is 2. The van der Waals surface area contributed by atoms with E-state index in [1.165, 1.54) is 4.90 Å². The molecule has 0 aliphatic carbocycles. The van der Waals surface area contributed by atoms with Gasteiger partial charge in [0, 0.05) is 56.2 Å². The first-order valence-corrected chi connectivity index (χ1v) is 11.2. The van der Waals surface area contributed by atoms with Gasteiger partial charge in [0.05, 0.1) is 5.02 Å². The van der Waals surface area contributed by atoms with Gasteiger partial charge in [0.1, 0.15) is 17.5 Å². The van der Waals surface area contributed by atoms with Gasteiger partial charge >= 0.3 is 6.09 Å². The Hall–Kier alpha value is -2.45. The number of aromatic nitrogens is 1. The first kappa shape index (κ1) is 21.8. The van der Waals surface area contributed by atoms with Gasteiger partial charge in [-0.25, -0.2) is 4.79 Å². The molecule has 9 heteroatoms. The van der Waals surface area contributed by atoms with E-state index in [1.807, 2.05) is 12.1 Å². The van der Waals surface area contributed by atoms with Gasteiger partial charge in [0.2, 0.25) is 0 Å². The van der Waals surface area contributed by atoms with E-state index in [0.717, 1.165) is 36.8 Å². The van der Waals surface area contributed by atoms with Gasteiger partial charge in [0.15, 0.2) is 0 Å². The second kappa shape index (κ2) is 8.96. The minimum absolute atomic E-state index is 0.135. The Morgan fingerprint density at radius 2 is 1.71 bits per heavy atom. The van der Waals surface area contributed by atoms with E-state index >= 15 is 0 Å². The lowest BCUT2D eigenvalue weighted by atomic mass is 10.1. The molecule has 0 radical (unpaired) electrons. The van der Waals surface area contributed by atoms with E-state index < -0.39 is 6.09 Å². The molecule has 2 amide bonds. The SMILES string of the molecule is CC(C)N1CCC(Oc2cc3cc(C(=O)N4CCN(C(=O)O)CC4)[nH]c3cc2Cl)CC1. The quantitative estimate of drug-likeness (QED) is 0.747. The van der Waals surface area contributed by atoms with Crippen LogP contribution in [-0.2, 0) is 0 Å². The smallest absolute Gasteiger partial charge is 0.407 e. The summed E-state index contributed by atoms with van der Waals surface area (Å²) in [7, 11) is 0. The highest BCUT2D eigenvalue weighted by Crippen LogP contribution is 2.33. The summed E-state index contributed by atoms with van der Waals surface area (Å²) in [5.41, 5.74) is 1.25. The average molecular weight is 449 g/mol. The summed E-state index contributed by atoms with van der Waals surface area (Å²) >= 11 is 6.47. The third-order valence-corrected chi connectivity index (χ3v) is 6.54. The monoisotopic (exact) mass is 448 g/mol. The van der Waals surface area contributed by atoms with Crippen LogP contribution in [0.4, 0.5) is 4.79 Å². The van der Waals surface area contributed by atoms with E-state index in [2.05, 4.69) is 23.7 Å². The molecule has 2 aromatic rings. The maximum Gasteiger partial charge on any atom is 0.407 e. The van der Waals surface area contributed by atoms with Crippen molar-refractivity contribution in [3.63, 3.8) is 0 Å². The normalized spacial score (nSPS) is 18.7. The van der Waals surface area contributed by atoms with Crippen molar-refractivity contribution in [2.75, 3.05) is 39.3 Å². The summed E-state index contributed by atoms with van der Waals surface area (Å²) < 4.78 is 6.21. The Morgan fingerprint density at radius 3 is 2.32 bits per heavy atom. The van der Waals surface area contributed by atoms with Crippen LogP contribution in [-0.4, -0.2) is 88.2 Å². The van der Waals surface area contributed by atoms with Crippen LogP contribution < -0.4 is 4.74 Å². The van der Waals surface area contributed by atoms with E-state index in [1.54, 1.807) is 11.0 Å². The van der Waals surface area contributed by atoms with E-state index in [4.69, 9.17) is 21.4 Å². The fourth-order valence-electron chi connectivity index (χ4n) is 4.30. The fraction of sp³-hybridized carbons (Fsp3) is 0.545.